The van der Waals surface area contributed by atoms with Gasteiger partial charge in [0, 0.05) is 21.8 Å². The molecule has 2 aromatic rings. The molecular formula is C9H10BrClN4S. The van der Waals surface area contributed by atoms with Crippen LogP contribution in [0, 0.1) is 0 Å². The van der Waals surface area contributed by atoms with Gasteiger partial charge in [0.15, 0.2) is 0 Å². The molecular weight excluding hydrogens is 312 g/mol. The van der Waals surface area contributed by atoms with Crippen LogP contribution in [-0.2, 0) is 7.05 Å². The molecule has 1 atom stereocenters. The molecule has 0 saturated heterocycles. The quantitative estimate of drug-likeness (QED) is 0.674. The maximum atomic E-state index is 6.09. The highest BCUT2D eigenvalue weighted by atomic mass is 79.9. The number of nitrogens with two attached hydrogens (primary N) is 1. The Hall–Kier alpha value is -0.400. The third-order valence-electron chi connectivity index (χ3n) is 2.25. The summed E-state index contributed by atoms with van der Waals surface area (Å²) >= 11 is 11.1. The first-order chi connectivity index (χ1) is 7.63. The van der Waals surface area contributed by atoms with Gasteiger partial charge in [-0.3, -0.25) is 10.5 Å². The molecule has 0 aliphatic rings. The van der Waals surface area contributed by atoms with E-state index >= 15 is 0 Å². The average Bonchev–Trinajstić information content (AvgIpc) is 2.80. The van der Waals surface area contributed by atoms with Crippen molar-refractivity contribution < 1.29 is 0 Å². The third kappa shape index (κ3) is 2.16. The summed E-state index contributed by atoms with van der Waals surface area (Å²) in [7, 11) is 1.84. The SMILES string of the molecule is Cn1ncc(Cl)c1C(NN)c1cc(Br)cs1. The smallest absolute Gasteiger partial charge is 0.0985 e. The number of rotatable bonds is 3. The number of thiophene rings is 1. The van der Waals surface area contributed by atoms with Crippen LogP contribution >= 0.6 is 38.9 Å². The highest BCUT2D eigenvalue weighted by Crippen LogP contribution is 2.32. The van der Waals surface area contributed by atoms with E-state index in [1.54, 1.807) is 22.2 Å². The van der Waals surface area contributed by atoms with Gasteiger partial charge in [-0.25, -0.2) is 5.43 Å². The molecule has 0 aliphatic carbocycles. The van der Waals surface area contributed by atoms with E-state index in [1.165, 1.54) is 0 Å². The maximum Gasteiger partial charge on any atom is 0.0985 e. The second-order valence-electron chi connectivity index (χ2n) is 3.27. The van der Waals surface area contributed by atoms with Crippen LogP contribution in [0.1, 0.15) is 16.6 Å². The largest absolute Gasteiger partial charge is 0.270 e. The first-order valence-electron chi connectivity index (χ1n) is 4.51. The van der Waals surface area contributed by atoms with E-state index in [-0.39, 0.29) is 6.04 Å². The summed E-state index contributed by atoms with van der Waals surface area (Å²) in [5, 5.41) is 6.71. The monoisotopic (exact) mass is 320 g/mol. The van der Waals surface area contributed by atoms with E-state index in [4.69, 9.17) is 17.4 Å². The Morgan fingerprint density at radius 1 is 1.69 bits per heavy atom. The number of nitrogens with zero attached hydrogens (tertiary/aromatic N) is 2. The van der Waals surface area contributed by atoms with Crippen molar-refractivity contribution in [2.24, 2.45) is 12.9 Å². The van der Waals surface area contributed by atoms with E-state index in [1.807, 2.05) is 18.5 Å². The standard InChI is InChI=1S/C9H10BrClN4S/c1-15-9(6(11)3-13-15)8(14-12)7-2-5(10)4-16-7/h2-4,8,14H,12H2,1H3. The zero-order chi connectivity index (χ0) is 11.7. The number of halogens is 2. The van der Waals surface area contributed by atoms with E-state index < -0.39 is 0 Å². The van der Waals surface area contributed by atoms with Gasteiger partial charge in [0.25, 0.3) is 0 Å². The Labute approximate surface area is 110 Å². The van der Waals surface area contributed by atoms with E-state index in [0.717, 1.165) is 15.0 Å². The Balaban J connectivity index is 2.44. The normalized spacial score (nSPS) is 13.0. The van der Waals surface area contributed by atoms with Crippen molar-refractivity contribution in [2.45, 2.75) is 6.04 Å². The number of aromatic nitrogens is 2. The number of hydrogen-bond donors (Lipinski definition) is 2. The zero-order valence-corrected chi connectivity index (χ0v) is 11.6. The fourth-order valence-electron chi connectivity index (χ4n) is 1.52. The van der Waals surface area contributed by atoms with Gasteiger partial charge in [0.1, 0.15) is 0 Å². The molecule has 7 heteroatoms. The van der Waals surface area contributed by atoms with Crippen molar-refractivity contribution in [3.8, 4) is 0 Å². The summed E-state index contributed by atoms with van der Waals surface area (Å²) in [4.78, 5) is 1.08. The van der Waals surface area contributed by atoms with Crippen LogP contribution in [0.15, 0.2) is 22.1 Å². The molecule has 0 spiro atoms. The molecule has 0 saturated carbocycles. The van der Waals surface area contributed by atoms with Crippen molar-refractivity contribution in [2.75, 3.05) is 0 Å². The van der Waals surface area contributed by atoms with E-state index in [9.17, 15) is 0 Å². The molecule has 1 unspecified atom stereocenters. The van der Waals surface area contributed by atoms with Gasteiger partial charge in [0.2, 0.25) is 0 Å². The molecule has 2 heterocycles. The van der Waals surface area contributed by atoms with E-state index in [0.29, 0.717) is 5.02 Å². The van der Waals surface area contributed by atoms with Crippen LogP contribution < -0.4 is 11.3 Å². The van der Waals surface area contributed by atoms with Crippen LogP contribution in [0.4, 0.5) is 0 Å². The molecule has 16 heavy (non-hydrogen) atoms. The van der Waals surface area contributed by atoms with Crippen LogP contribution in [-0.4, -0.2) is 9.78 Å². The maximum absolute atomic E-state index is 6.09. The molecule has 0 radical (unpaired) electrons. The van der Waals surface area contributed by atoms with Gasteiger partial charge in [-0.05, 0) is 22.0 Å². The average molecular weight is 322 g/mol. The van der Waals surface area contributed by atoms with Crippen LogP contribution in [0.25, 0.3) is 0 Å². The number of nitrogens with one attached hydrogen (secondary N) is 1. The fourth-order valence-corrected chi connectivity index (χ4v) is 3.30. The lowest BCUT2D eigenvalue weighted by Gasteiger charge is -2.15. The third-order valence-corrected chi connectivity index (χ3v) is 4.30. The topological polar surface area (TPSA) is 55.9 Å². The summed E-state index contributed by atoms with van der Waals surface area (Å²) in [6, 6.07) is 1.87. The zero-order valence-electron chi connectivity index (χ0n) is 8.45. The number of aryl methyl sites for hydroxylation is 1. The molecule has 0 aromatic carbocycles. The molecule has 0 fully saturated rings. The summed E-state index contributed by atoms with van der Waals surface area (Å²) < 4.78 is 2.76. The number of hydrogen-bond acceptors (Lipinski definition) is 4. The lowest BCUT2D eigenvalue weighted by Crippen LogP contribution is -2.30. The minimum Gasteiger partial charge on any atom is -0.270 e. The van der Waals surface area contributed by atoms with Crippen LogP contribution in [0.3, 0.4) is 0 Å². The van der Waals surface area contributed by atoms with Gasteiger partial charge in [-0.2, -0.15) is 5.10 Å². The van der Waals surface area contributed by atoms with Crippen LogP contribution in [0.2, 0.25) is 5.02 Å². The van der Waals surface area contributed by atoms with Crippen molar-refractivity contribution in [3.63, 3.8) is 0 Å². The van der Waals surface area contributed by atoms with E-state index in [2.05, 4.69) is 26.5 Å². The summed E-state index contributed by atoms with van der Waals surface area (Å²) in [6.07, 6.45) is 1.61. The minimum absolute atomic E-state index is 0.142. The van der Waals surface area contributed by atoms with Gasteiger partial charge in [-0.1, -0.05) is 11.6 Å². The van der Waals surface area contributed by atoms with Gasteiger partial charge in [-0.15, -0.1) is 11.3 Å². The molecule has 0 amide bonds. The van der Waals surface area contributed by atoms with Gasteiger partial charge < -0.3 is 0 Å². The molecule has 2 rings (SSSR count). The highest BCUT2D eigenvalue weighted by molar-refractivity contribution is 9.10. The molecule has 3 N–H and O–H groups in total. The molecule has 4 nitrogen and oxygen atoms in total. The first kappa shape index (κ1) is 12.1. The Morgan fingerprint density at radius 3 is 2.88 bits per heavy atom. The van der Waals surface area contributed by atoms with Gasteiger partial charge in [0.05, 0.1) is 23.0 Å². The predicted octanol–water partition coefficient (Wildman–Crippen LogP) is 2.45. The fraction of sp³-hybridized carbons (Fsp3) is 0.222. The van der Waals surface area contributed by atoms with Gasteiger partial charge >= 0.3 is 0 Å². The first-order valence-corrected chi connectivity index (χ1v) is 6.56. The predicted molar refractivity (Wildman–Crippen MR) is 69.4 cm³/mol. The molecule has 0 bridgehead atoms. The Kier molecular flexibility index (Phi) is 3.66. The summed E-state index contributed by atoms with van der Waals surface area (Å²) in [6.45, 7) is 0. The molecule has 2 aromatic heterocycles. The summed E-state index contributed by atoms with van der Waals surface area (Å²) in [5.74, 6) is 5.58. The van der Waals surface area contributed by atoms with Crippen LogP contribution in [0.5, 0.6) is 0 Å². The van der Waals surface area contributed by atoms with Crippen molar-refractivity contribution in [3.05, 3.63) is 37.7 Å². The summed E-state index contributed by atoms with van der Waals surface area (Å²) in [5.41, 5.74) is 3.62. The van der Waals surface area contributed by atoms with Crippen molar-refractivity contribution in [1.29, 1.82) is 0 Å². The number of hydrazine groups is 1. The van der Waals surface area contributed by atoms with Crippen molar-refractivity contribution in [1.82, 2.24) is 15.2 Å². The molecule has 86 valence electrons. The lowest BCUT2D eigenvalue weighted by molar-refractivity contribution is 0.582. The highest BCUT2D eigenvalue weighted by Gasteiger charge is 2.21. The second-order valence-corrected chi connectivity index (χ2v) is 5.53. The molecule has 0 aliphatic heterocycles. The minimum atomic E-state index is -0.142. The second kappa shape index (κ2) is 4.85. The lowest BCUT2D eigenvalue weighted by atomic mass is 10.2. The Morgan fingerprint density at radius 2 is 2.44 bits per heavy atom. The Bertz CT molecular complexity index is 476. The van der Waals surface area contributed by atoms with Crippen molar-refractivity contribution >= 4 is 38.9 Å².